The normalized spacial score (nSPS) is 16.6. The Bertz CT molecular complexity index is 322. The molecule has 0 radical (unpaired) electrons. The van der Waals surface area contributed by atoms with Gasteiger partial charge >= 0.3 is 0 Å². The first-order valence-electron chi connectivity index (χ1n) is 7.27. The molecule has 0 aliphatic carbocycles. The van der Waals surface area contributed by atoms with Crippen LogP contribution in [0.5, 0.6) is 0 Å². The Hall–Kier alpha value is -0.820. The lowest BCUT2D eigenvalue weighted by molar-refractivity contribution is 0.0932. The molecule has 0 fully saturated rings. The van der Waals surface area contributed by atoms with E-state index >= 15 is 0 Å². The Labute approximate surface area is 121 Å². The first-order valence-corrected chi connectivity index (χ1v) is 7.27. The van der Waals surface area contributed by atoms with Gasteiger partial charge in [0, 0.05) is 11.0 Å². The molecule has 0 aliphatic heterocycles. The Balaban J connectivity index is 0. The smallest absolute Gasteiger partial charge is 0.0267 e. The van der Waals surface area contributed by atoms with Crippen molar-refractivity contribution >= 4 is 0 Å². The lowest BCUT2D eigenvalue weighted by atomic mass is 9.58. The molecule has 1 unspecified atom stereocenters. The van der Waals surface area contributed by atoms with Crippen LogP contribution in [0.15, 0.2) is 36.5 Å². The number of hydrogen-bond donors (Lipinski definition) is 1. The Morgan fingerprint density at radius 3 is 1.68 bits per heavy atom. The summed E-state index contributed by atoms with van der Waals surface area (Å²) in [7, 11) is 0. The van der Waals surface area contributed by atoms with Crippen LogP contribution in [-0.2, 0) is 0 Å². The summed E-state index contributed by atoms with van der Waals surface area (Å²) in [5.74, 6) is 0. The molecule has 1 atom stereocenters. The van der Waals surface area contributed by atoms with Gasteiger partial charge in [0.15, 0.2) is 0 Å². The maximum atomic E-state index is 6.62. The predicted molar refractivity (Wildman–Crippen MR) is 90.3 cm³/mol. The van der Waals surface area contributed by atoms with Gasteiger partial charge in [0.1, 0.15) is 0 Å². The zero-order valence-corrected chi connectivity index (χ0v) is 14.6. The van der Waals surface area contributed by atoms with Gasteiger partial charge in [0.05, 0.1) is 0 Å². The first-order chi connectivity index (χ1) is 8.52. The van der Waals surface area contributed by atoms with Crippen LogP contribution in [0.1, 0.15) is 62.3 Å². The van der Waals surface area contributed by atoms with Crippen LogP contribution >= 0.6 is 0 Å². The number of nitrogens with two attached hydrogens (primary N) is 1. The molecule has 0 saturated heterocycles. The molecule has 2 N–H and O–H groups in total. The second kappa shape index (κ2) is 7.69. The van der Waals surface area contributed by atoms with Gasteiger partial charge in [-0.2, -0.15) is 0 Å². The highest BCUT2D eigenvalue weighted by Crippen LogP contribution is 2.46. The second-order valence-electron chi connectivity index (χ2n) is 6.44. The average molecular weight is 265 g/mol. The molecule has 19 heavy (non-hydrogen) atoms. The van der Waals surface area contributed by atoms with Gasteiger partial charge in [-0.05, 0) is 24.8 Å². The van der Waals surface area contributed by atoms with E-state index < -0.39 is 0 Å². The van der Waals surface area contributed by atoms with Crippen molar-refractivity contribution in [1.82, 2.24) is 0 Å². The zero-order chi connectivity index (χ0) is 15.9. The van der Waals surface area contributed by atoms with Gasteiger partial charge in [0.25, 0.3) is 0 Å². The molecular formula is C18H35N. The summed E-state index contributed by atoms with van der Waals surface area (Å²) >= 11 is 0. The summed E-state index contributed by atoms with van der Waals surface area (Å²) in [4.78, 5) is 0. The molecule has 0 aliphatic rings. The van der Waals surface area contributed by atoms with E-state index in [0.717, 1.165) is 0 Å². The SMILES string of the molecule is C=C/C=C(\C=C/C)C(C)(C)C(C)(N)C(C)(C)C.CC. The third kappa shape index (κ3) is 4.65. The maximum Gasteiger partial charge on any atom is 0.0267 e. The van der Waals surface area contributed by atoms with Crippen molar-refractivity contribution in [3.05, 3.63) is 36.5 Å². The molecule has 0 bridgehead atoms. The Kier molecular flexibility index (Phi) is 8.30. The Morgan fingerprint density at radius 2 is 1.42 bits per heavy atom. The minimum Gasteiger partial charge on any atom is -0.324 e. The van der Waals surface area contributed by atoms with Crippen molar-refractivity contribution in [2.75, 3.05) is 0 Å². The topological polar surface area (TPSA) is 26.0 Å². The minimum absolute atomic E-state index is 0.0261. The fraction of sp³-hybridized carbons (Fsp3) is 0.667. The van der Waals surface area contributed by atoms with Gasteiger partial charge < -0.3 is 5.73 Å². The third-order valence-corrected chi connectivity index (χ3v) is 4.22. The molecular weight excluding hydrogens is 230 g/mol. The van der Waals surface area contributed by atoms with Gasteiger partial charge in [-0.1, -0.05) is 79.3 Å². The molecule has 0 heterocycles. The van der Waals surface area contributed by atoms with Gasteiger partial charge in [-0.3, -0.25) is 0 Å². The van der Waals surface area contributed by atoms with Crippen LogP contribution < -0.4 is 5.73 Å². The second-order valence-corrected chi connectivity index (χ2v) is 6.44. The average Bonchev–Trinajstić information content (AvgIpc) is 2.29. The van der Waals surface area contributed by atoms with Crippen molar-refractivity contribution in [2.24, 2.45) is 16.6 Å². The zero-order valence-electron chi connectivity index (χ0n) is 14.6. The van der Waals surface area contributed by atoms with Crippen molar-refractivity contribution < 1.29 is 0 Å². The lowest BCUT2D eigenvalue weighted by Gasteiger charge is -2.51. The molecule has 0 aromatic heterocycles. The molecule has 1 nitrogen and oxygen atoms in total. The predicted octanol–water partition coefficient (Wildman–Crippen LogP) is 5.49. The highest BCUT2D eigenvalue weighted by atomic mass is 14.8. The van der Waals surface area contributed by atoms with Gasteiger partial charge in [-0.25, -0.2) is 0 Å². The van der Waals surface area contributed by atoms with Crippen molar-refractivity contribution in [1.29, 1.82) is 0 Å². The highest BCUT2D eigenvalue weighted by Gasteiger charge is 2.47. The summed E-state index contributed by atoms with van der Waals surface area (Å²) in [6.07, 6.45) is 8.06. The number of rotatable bonds is 4. The van der Waals surface area contributed by atoms with Crippen LogP contribution in [0.2, 0.25) is 0 Å². The summed E-state index contributed by atoms with van der Waals surface area (Å²) in [5, 5.41) is 0. The summed E-state index contributed by atoms with van der Waals surface area (Å²) in [6, 6.07) is 0. The van der Waals surface area contributed by atoms with Crippen molar-refractivity contribution in [3.8, 4) is 0 Å². The molecule has 112 valence electrons. The first kappa shape index (κ1) is 20.5. The van der Waals surface area contributed by atoms with Crippen molar-refractivity contribution in [3.63, 3.8) is 0 Å². The molecule has 0 aromatic carbocycles. The largest absolute Gasteiger partial charge is 0.324 e. The van der Waals surface area contributed by atoms with Crippen LogP contribution in [-0.4, -0.2) is 5.54 Å². The van der Waals surface area contributed by atoms with E-state index in [4.69, 9.17) is 5.73 Å². The quantitative estimate of drug-likeness (QED) is 0.668. The van der Waals surface area contributed by atoms with E-state index in [-0.39, 0.29) is 16.4 Å². The van der Waals surface area contributed by atoms with Gasteiger partial charge in [-0.15, -0.1) is 0 Å². The van der Waals surface area contributed by atoms with Crippen LogP contribution in [0.25, 0.3) is 0 Å². The highest BCUT2D eigenvalue weighted by molar-refractivity contribution is 5.33. The molecule has 0 aromatic rings. The minimum atomic E-state index is -0.311. The monoisotopic (exact) mass is 265 g/mol. The van der Waals surface area contributed by atoms with Crippen LogP contribution in [0.3, 0.4) is 0 Å². The Morgan fingerprint density at radius 1 is 1.00 bits per heavy atom. The maximum absolute atomic E-state index is 6.62. The van der Waals surface area contributed by atoms with E-state index in [9.17, 15) is 0 Å². The van der Waals surface area contributed by atoms with E-state index in [2.05, 4.69) is 66.3 Å². The van der Waals surface area contributed by atoms with Crippen molar-refractivity contribution in [2.45, 2.75) is 67.9 Å². The molecule has 0 saturated carbocycles. The lowest BCUT2D eigenvalue weighted by Crippen LogP contribution is -2.59. The summed E-state index contributed by atoms with van der Waals surface area (Å²) < 4.78 is 0. The number of allylic oxidation sites excluding steroid dienone is 4. The molecule has 0 rings (SSSR count). The fourth-order valence-corrected chi connectivity index (χ4v) is 2.02. The van der Waals surface area contributed by atoms with E-state index in [1.54, 1.807) is 0 Å². The van der Waals surface area contributed by atoms with Gasteiger partial charge in [0.2, 0.25) is 0 Å². The summed E-state index contributed by atoms with van der Waals surface area (Å²) in [6.45, 7) is 22.9. The van der Waals surface area contributed by atoms with E-state index in [0.29, 0.717) is 0 Å². The van der Waals surface area contributed by atoms with E-state index in [1.807, 2.05) is 26.8 Å². The fourth-order valence-electron chi connectivity index (χ4n) is 2.02. The molecule has 0 spiro atoms. The summed E-state index contributed by atoms with van der Waals surface area (Å²) in [5.41, 5.74) is 7.44. The molecule has 0 amide bonds. The van der Waals surface area contributed by atoms with E-state index in [1.165, 1.54) is 5.57 Å². The van der Waals surface area contributed by atoms with Crippen LogP contribution in [0, 0.1) is 10.8 Å². The third-order valence-electron chi connectivity index (χ3n) is 4.22. The number of hydrogen-bond acceptors (Lipinski definition) is 1. The molecule has 1 heteroatoms. The van der Waals surface area contributed by atoms with Crippen LogP contribution in [0.4, 0.5) is 0 Å². The standard InChI is InChI=1S/C16H29N.C2H6/c1-9-11-13(12-10-2)15(6,7)16(8,17)14(3,4)5;1-2/h9-12H,1,17H2,2-8H3;1-2H3/b12-10-,13-11+;.